The molecule has 120 valence electrons. The number of hydrogen-bond donors (Lipinski definition) is 2. The zero-order valence-electron chi connectivity index (χ0n) is 13.4. The highest BCUT2D eigenvalue weighted by Gasteiger charge is 2.35. The van der Waals surface area contributed by atoms with E-state index >= 15 is 0 Å². The average molecular weight is 375 g/mol. The molecule has 0 saturated heterocycles. The van der Waals surface area contributed by atoms with Crippen molar-refractivity contribution in [2.75, 3.05) is 23.8 Å². The van der Waals surface area contributed by atoms with E-state index in [9.17, 15) is 9.90 Å². The Hall–Kier alpha value is -2.01. The molecule has 3 rings (SSSR count). The summed E-state index contributed by atoms with van der Waals surface area (Å²) < 4.78 is 0.959. The number of carbonyl (C=O) groups is 1. The van der Waals surface area contributed by atoms with E-state index in [4.69, 9.17) is 0 Å². The fourth-order valence-corrected chi connectivity index (χ4v) is 4.19. The number of aromatic hydroxyl groups is 1. The molecular formula is C18H19BrN2O2. The number of phenols is 1. The summed E-state index contributed by atoms with van der Waals surface area (Å²) in [5.74, 6) is 0.00410. The lowest BCUT2D eigenvalue weighted by molar-refractivity contribution is 0.102. The minimum Gasteiger partial charge on any atom is -0.508 e. The smallest absolute Gasteiger partial charge is 0.255 e. The van der Waals surface area contributed by atoms with Crippen molar-refractivity contribution in [3.05, 3.63) is 52.0 Å². The summed E-state index contributed by atoms with van der Waals surface area (Å²) in [6, 6.07) is 10.2. The number of likely N-dealkylation sites (N-methyl/N-ethyl adjacent to an activating group) is 1. The second kappa shape index (κ2) is 5.57. The highest BCUT2D eigenvalue weighted by atomic mass is 79.9. The summed E-state index contributed by atoms with van der Waals surface area (Å²) in [7, 11) is 2.04. The normalized spacial score (nSPS) is 15.4. The third-order valence-electron chi connectivity index (χ3n) is 4.18. The zero-order valence-corrected chi connectivity index (χ0v) is 14.9. The van der Waals surface area contributed by atoms with Gasteiger partial charge in [0, 0.05) is 40.4 Å². The van der Waals surface area contributed by atoms with Crippen LogP contribution in [0.2, 0.25) is 0 Å². The lowest BCUT2D eigenvalue weighted by Gasteiger charge is -2.19. The number of nitrogens with zero attached hydrogens (tertiary/aromatic N) is 1. The number of halogens is 1. The molecule has 0 fully saturated rings. The van der Waals surface area contributed by atoms with Crippen molar-refractivity contribution in [1.29, 1.82) is 0 Å². The van der Waals surface area contributed by atoms with Crippen LogP contribution in [0.1, 0.15) is 29.8 Å². The fourth-order valence-electron chi connectivity index (χ4n) is 3.20. The van der Waals surface area contributed by atoms with Gasteiger partial charge in [0.25, 0.3) is 5.91 Å². The lowest BCUT2D eigenvalue weighted by Crippen LogP contribution is -2.25. The second-order valence-corrected chi connectivity index (χ2v) is 7.45. The van der Waals surface area contributed by atoms with E-state index in [0.717, 1.165) is 16.7 Å². The lowest BCUT2D eigenvalue weighted by atomic mass is 9.86. The van der Waals surface area contributed by atoms with Crippen LogP contribution >= 0.6 is 15.9 Å². The monoisotopic (exact) mass is 374 g/mol. The predicted octanol–water partition coefficient (Wildman–Crippen LogP) is 4.13. The van der Waals surface area contributed by atoms with E-state index in [1.807, 2.05) is 19.2 Å². The molecule has 1 aliphatic rings. The van der Waals surface area contributed by atoms with Gasteiger partial charge in [-0.2, -0.15) is 0 Å². The largest absolute Gasteiger partial charge is 0.508 e. The van der Waals surface area contributed by atoms with Gasteiger partial charge < -0.3 is 15.3 Å². The minimum atomic E-state index is -0.169. The molecule has 0 atom stereocenters. The predicted molar refractivity (Wildman–Crippen MR) is 96.5 cm³/mol. The number of carbonyl (C=O) groups excluding carboxylic acids is 1. The van der Waals surface area contributed by atoms with Gasteiger partial charge in [-0.25, -0.2) is 0 Å². The van der Waals surface area contributed by atoms with Crippen LogP contribution in [-0.4, -0.2) is 24.6 Å². The molecule has 0 aliphatic carbocycles. The summed E-state index contributed by atoms with van der Waals surface area (Å²) in [6.07, 6.45) is 0. The topological polar surface area (TPSA) is 52.6 Å². The third-order valence-corrected chi connectivity index (χ3v) is 4.80. The first kappa shape index (κ1) is 15.9. The maximum Gasteiger partial charge on any atom is 0.255 e. The zero-order chi connectivity index (χ0) is 16.8. The minimum absolute atomic E-state index is 0.0505. The molecule has 2 aromatic rings. The number of fused-ring (bicyclic) bond motifs is 1. The van der Waals surface area contributed by atoms with Crippen LogP contribution in [0.15, 0.2) is 40.9 Å². The van der Waals surface area contributed by atoms with Crippen LogP contribution in [0.3, 0.4) is 0 Å². The molecule has 0 aromatic heterocycles. The third kappa shape index (κ3) is 2.93. The van der Waals surface area contributed by atoms with Crippen molar-refractivity contribution in [2.45, 2.75) is 19.3 Å². The summed E-state index contributed by atoms with van der Waals surface area (Å²) >= 11 is 3.62. The van der Waals surface area contributed by atoms with Crippen LogP contribution < -0.4 is 10.2 Å². The average Bonchev–Trinajstić information content (AvgIpc) is 2.71. The van der Waals surface area contributed by atoms with Crippen LogP contribution in [-0.2, 0) is 5.41 Å². The van der Waals surface area contributed by atoms with Crippen molar-refractivity contribution in [1.82, 2.24) is 0 Å². The summed E-state index contributed by atoms with van der Waals surface area (Å²) in [5, 5.41) is 12.2. The number of phenolic OH excluding ortho intramolecular Hbond substituents is 1. The maximum atomic E-state index is 12.5. The number of hydrogen-bond acceptors (Lipinski definition) is 3. The molecule has 5 heteroatoms. The maximum absolute atomic E-state index is 12.5. The molecule has 1 heterocycles. The highest BCUT2D eigenvalue weighted by Crippen LogP contribution is 2.44. The first-order valence-corrected chi connectivity index (χ1v) is 8.23. The van der Waals surface area contributed by atoms with Gasteiger partial charge in [-0.1, -0.05) is 29.8 Å². The van der Waals surface area contributed by atoms with E-state index < -0.39 is 0 Å². The fraction of sp³-hybridized carbons (Fsp3) is 0.278. The second-order valence-electron chi connectivity index (χ2n) is 6.59. The van der Waals surface area contributed by atoms with Gasteiger partial charge in [-0.3, -0.25) is 4.79 Å². The van der Waals surface area contributed by atoms with Gasteiger partial charge in [0.05, 0.1) is 0 Å². The Kier molecular flexibility index (Phi) is 3.84. The SMILES string of the molecule is CN1CC(C)(C)c2c(Br)cc(C(=O)Nc3ccc(O)cc3)cc21. The Morgan fingerprint density at radius 2 is 1.91 bits per heavy atom. The Morgan fingerprint density at radius 3 is 2.57 bits per heavy atom. The number of benzene rings is 2. The molecule has 0 radical (unpaired) electrons. The molecule has 0 bridgehead atoms. The standard InChI is InChI=1S/C18H19BrN2O2/c1-18(2)10-21(3)15-9-11(8-14(19)16(15)18)17(23)20-12-4-6-13(22)7-5-12/h4-9,22H,10H2,1-3H3,(H,20,23). The van der Waals surface area contributed by atoms with Crippen LogP contribution in [0.4, 0.5) is 11.4 Å². The molecule has 23 heavy (non-hydrogen) atoms. The Labute approximate surface area is 144 Å². The highest BCUT2D eigenvalue weighted by molar-refractivity contribution is 9.10. The molecule has 1 amide bonds. The van der Waals surface area contributed by atoms with Crippen molar-refractivity contribution < 1.29 is 9.90 Å². The van der Waals surface area contributed by atoms with Crippen LogP contribution in [0, 0.1) is 0 Å². The number of nitrogens with one attached hydrogen (secondary N) is 1. The number of rotatable bonds is 2. The van der Waals surface area contributed by atoms with Gasteiger partial charge in [-0.05, 0) is 42.0 Å². The summed E-state index contributed by atoms with van der Waals surface area (Å²) in [6.45, 7) is 5.33. The summed E-state index contributed by atoms with van der Waals surface area (Å²) in [5.41, 5.74) is 3.63. The van der Waals surface area contributed by atoms with Gasteiger partial charge in [-0.15, -0.1) is 0 Å². The number of anilines is 2. The van der Waals surface area contributed by atoms with Crippen molar-refractivity contribution in [3.8, 4) is 5.75 Å². The molecule has 2 aromatic carbocycles. The molecule has 0 unspecified atom stereocenters. The van der Waals surface area contributed by atoms with Crippen LogP contribution in [0.25, 0.3) is 0 Å². The Morgan fingerprint density at radius 1 is 1.26 bits per heavy atom. The van der Waals surface area contributed by atoms with Crippen molar-refractivity contribution in [2.24, 2.45) is 0 Å². The molecule has 0 spiro atoms. The van der Waals surface area contributed by atoms with E-state index in [1.54, 1.807) is 24.3 Å². The summed E-state index contributed by atoms with van der Waals surface area (Å²) in [4.78, 5) is 14.7. The molecule has 2 N–H and O–H groups in total. The van der Waals surface area contributed by atoms with Gasteiger partial charge in [0.1, 0.15) is 5.75 Å². The van der Waals surface area contributed by atoms with E-state index in [2.05, 4.69) is 40.0 Å². The molecule has 0 saturated carbocycles. The van der Waals surface area contributed by atoms with E-state index in [-0.39, 0.29) is 17.1 Å². The Bertz CT molecular complexity index is 769. The first-order chi connectivity index (χ1) is 10.8. The van der Waals surface area contributed by atoms with Gasteiger partial charge in [0.15, 0.2) is 0 Å². The van der Waals surface area contributed by atoms with E-state index in [0.29, 0.717) is 11.3 Å². The first-order valence-electron chi connectivity index (χ1n) is 7.43. The van der Waals surface area contributed by atoms with Gasteiger partial charge in [0.2, 0.25) is 0 Å². The van der Waals surface area contributed by atoms with Crippen molar-refractivity contribution in [3.63, 3.8) is 0 Å². The quantitative estimate of drug-likeness (QED) is 0.776. The van der Waals surface area contributed by atoms with E-state index in [1.165, 1.54) is 5.56 Å². The molecule has 1 aliphatic heterocycles. The number of amides is 1. The molecular weight excluding hydrogens is 356 g/mol. The van der Waals surface area contributed by atoms with Crippen molar-refractivity contribution >= 4 is 33.2 Å². The van der Waals surface area contributed by atoms with Crippen LogP contribution in [0.5, 0.6) is 5.75 Å². The molecule has 4 nitrogen and oxygen atoms in total. The Balaban J connectivity index is 1.92. The van der Waals surface area contributed by atoms with Gasteiger partial charge >= 0.3 is 0 Å².